The number of carbonyl (C=O) groups is 1. The van der Waals surface area contributed by atoms with Gasteiger partial charge in [0.1, 0.15) is 10.7 Å². The van der Waals surface area contributed by atoms with E-state index in [0.717, 1.165) is 12.1 Å². The highest BCUT2D eigenvalue weighted by Crippen LogP contribution is 2.24. The predicted molar refractivity (Wildman–Crippen MR) is 102 cm³/mol. The van der Waals surface area contributed by atoms with Gasteiger partial charge in [0, 0.05) is 22.9 Å². The molecule has 1 heterocycles. The molecule has 11 heteroatoms. The van der Waals surface area contributed by atoms with Crippen molar-refractivity contribution in [3.8, 4) is 11.4 Å². The molecule has 1 fully saturated rings. The Kier molecular flexibility index (Phi) is 4.76. The Morgan fingerprint density at radius 1 is 1.17 bits per heavy atom. The second-order valence-electron chi connectivity index (χ2n) is 6.60. The number of nitrogens with one attached hydrogen (secondary N) is 4. The normalized spacial score (nSPS) is 14.0. The minimum absolute atomic E-state index is 0.0128. The van der Waals surface area contributed by atoms with Gasteiger partial charge in [0.25, 0.3) is 5.91 Å². The minimum atomic E-state index is -4.05. The second-order valence-corrected chi connectivity index (χ2v) is 8.28. The quantitative estimate of drug-likeness (QED) is 0.483. The highest BCUT2D eigenvalue weighted by molar-refractivity contribution is 7.89. The molecular formula is C18H16FN5O4S. The molecule has 0 aliphatic heterocycles. The molecule has 0 unspecified atom stereocenters. The number of amides is 1. The van der Waals surface area contributed by atoms with Crippen molar-refractivity contribution in [3.05, 3.63) is 64.3 Å². The number of aromatic amines is 2. The summed E-state index contributed by atoms with van der Waals surface area (Å²) in [5.41, 5.74) is 0.466. The number of rotatable bonds is 6. The number of H-pyrrole nitrogens is 2. The number of aromatic nitrogens is 3. The van der Waals surface area contributed by atoms with E-state index in [1.807, 2.05) is 0 Å². The summed E-state index contributed by atoms with van der Waals surface area (Å²) in [6, 6.07) is 9.50. The molecule has 1 aliphatic rings. The average Bonchev–Trinajstić information content (AvgIpc) is 3.37. The molecule has 150 valence electrons. The van der Waals surface area contributed by atoms with E-state index in [9.17, 15) is 22.4 Å². The highest BCUT2D eigenvalue weighted by Gasteiger charge is 2.30. The highest BCUT2D eigenvalue weighted by atomic mass is 32.2. The third-order valence-corrected chi connectivity index (χ3v) is 5.81. The van der Waals surface area contributed by atoms with Crippen LogP contribution in [0.5, 0.6) is 0 Å². The van der Waals surface area contributed by atoms with Gasteiger partial charge in [-0.3, -0.25) is 9.78 Å². The maximum atomic E-state index is 14.1. The van der Waals surface area contributed by atoms with Gasteiger partial charge in [0.2, 0.25) is 10.0 Å². The zero-order valence-electron chi connectivity index (χ0n) is 14.9. The summed E-state index contributed by atoms with van der Waals surface area (Å²) < 4.78 is 41.1. The Labute approximate surface area is 164 Å². The molecule has 1 aliphatic carbocycles. The first-order chi connectivity index (χ1) is 13.8. The van der Waals surface area contributed by atoms with Gasteiger partial charge in [-0.1, -0.05) is 12.1 Å². The van der Waals surface area contributed by atoms with Crippen LogP contribution >= 0.6 is 0 Å². The molecule has 1 saturated carbocycles. The van der Waals surface area contributed by atoms with Crippen molar-refractivity contribution >= 4 is 21.6 Å². The van der Waals surface area contributed by atoms with E-state index in [1.54, 1.807) is 24.3 Å². The number of benzene rings is 2. The van der Waals surface area contributed by atoms with Crippen LogP contribution in [-0.2, 0) is 10.0 Å². The molecule has 4 N–H and O–H groups in total. The Bertz CT molecular complexity index is 1250. The maximum absolute atomic E-state index is 14.1. The molecule has 4 rings (SSSR count). The SMILES string of the molecule is O=C(Nc1cccc(-c2n[nH]c(=O)[nH]2)c1)c1ccc(F)c(S(=O)(=O)NC2CC2)c1. The summed E-state index contributed by atoms with van der Waals surface area (Å²) in [6.07, 6.45) is 1.41. The van der Waals surface area contributed by atoms with E-state index in [1.165, 1.54) is 6.07 Å². The van der Waals surface area contributed by atoms with Crippen LogP contribution in [0.3, 0.4) is 0 Å². The molecule has 9 nitrogen and oxygen atoms in total. The van der Waals surface area contributed by atoms with Crippen molar-refractivity contribution in [3.63, 3.8) is 0 Å². The van der Waals surface area contributed by atoms with Gasteiger partial charge in [0.15, 0.2) is 5.82 Å². The summed E-state index contributed by atoms with van der Waals surface area (Å²) in [4.78, 5) is 25.7. The van der Waals surface area contributed by atoms with Gasteiger partial charge >= 0.3 is 5.69 Å². The van der Waals surface area contributed by atoms with E-state index in [4.69, 9.17) is 0 Å². The molecule has 1 amide bonds. The van der Waals surface area contributed by atoms with Crippen LogP contribution < -0.4 is 15.7 Å². The van der Waals surface area contributed by atoms with E-state index < -0.39 is 32.3 Å². The van der Waals surface area contributed by atoms with Crippen molar-refractivity contribution in [1.82, 2.24) is 19.9 Å². The summed E-state index contributed by atoms with van der Waals surface area (Å²) in [5, 5.41) is 8.69. The fourth-order valence-electron chi connectivity index (χ4n) is 2.69. The van der Waals surface area contributed by atoms with Gasteiger partial charge in [0.05, 0.1) is 0 Å². The fourth-order valence-corrected chi connectivity index (χ4v) is 4.10. The van der Waals surface area contributed by atoms with Gasteiger partial charge in [-0.2, -0.15) is 5.10 Å². The Morgan fingerprint density at radius 2 is 1.97 bits per heavy atom. The Balaban J connectivity index is 1.57. The molecule has 0 saturated heterocycles. The number of hydrogen-bond donors (Lipinski definition) is 4. The zero-order valence-corrected chi connectivity index (χ0v) is 15.7. The first kappa shape index (κ1) is 19.0. The van der Waals surface area contributed by atoms with Crippen LogP contribution in [0.25, 0.3) is 11.4 Å². The van der Waals surface area contributed by atoms with E-state index >= 15 is 0 Å². The van der Waals surface area contributed by atoms with Crippen LogP contribution in [-0.4, -0.2) is 35.5 Å². The predicted octanol–water partition coefficient (Wildman–Crippen LogP) is 1.60. The summed E-state index contributed by atoms with van der Waals surface area (Å²) in [6.45, 7) is 0. The van der Waals surface area contributed by atoms with E-state index in [2.05, 4.69) is 25.2 Å². The van der Waals surface area contributed by atoms with Crippen LogP contribution in [0.15, 0.2) is 52.2 Å². The zero-order chi connectivity index (χ0) is 20.6. The maximum Gasteiger partial charge on any atom is 0.340 e. The van der Waals surface area contributed by atoms with E-state index in [-0.39, 0.29) is 11.6 Å². The van der Waals surface area contributed by atoms with Crippen LogP contribution in [0, 0.1) is 5.82 Å². The third kappa shape index (κ3) is 4.25. The van der Waals surface area contributed by atoms with Gasteiger partial charge in [-0.05, 0) is 43.2 Å². The van der Waals surface area contributed by atoms with Crippen LogP contribution in [0.1, 0.15) is 23.2 Å². The standard InChI is InChI=1S/C18H16FN5O4S/c19-14-7-4-11(9-15(14)29(27,28)24-12-5-6-12)17(25)20-13-3-1-2-10(8-13)16-21-18(26)23-22-16/h1-4,7-9,12,24H,5-6H2,(H,20,25)(H2,21,22,23,26). The lowest BCUT2D eigenvalue weighted by Crippen LogP contribution is -2.27. The molecule has 0 bridgehead atoms. The number of halogens is 1. The lowest BCUT2D eigenvalue weighted by Gasteiger charge is -2.10. The summed E-state index contributed by atoms with van der Waals surface area (Å²) in [5.74, 6) is -1.24. The van der Waals surface area contributed by atoms with Crippen LogP contribution in [0.2, 0.25) is 0 Å². The van der Waals surface area contributed by atoms with Gasteiger partial charge in [-0.25, -0.2) is 27.4 Å². The monoisotopic (exact) mass is 417 g/mol. The van der Waals surface area contributed by atoms with E-state index in [0.29, 0.717) is 29.9 Å². The largest absolute Gasteiger partial charge is 0.340 e. The first-order valence-corrected chi connectivity index (χ1v) is 10.2. The number of carbonyl (C=O) groups excluding carboxylic acids is 1. The molecule has 3 aromatic rings. The number of hydrogen-bond acceptors (Lipinski definition) is 5. The van der Waals surface area contributed by atoms with Crippen molar-refractivity contribution in [2.24, 2.45) is 0 Å². The van der Waals surface area contributed by atoms with Crippen molar-refractivity contribution in [2.75, 3.05) is 5.32 Å². The van der Waals surface area contributed by atoms with Crippen molar-refractivity contribution < 1.29 is 17.6 Å². The lowest BCUT2D eigenvalue weighted by molar-refractivity contribution is 0.102. The van der Waals surface area contributed by atoms with Gasteiger partial charge in [-0.15, -0.1) is 0 Å². The van der Waals surface area contributed by atoms with Crippen molar-refractivity contribution in [2.45, 2.75) is 23.8 Å². The fraction of sp³-hybridized carbons (Fsp3) is 0.167. The molecule has 0 spiro atoms. The smallest absolute Gasteiger partial charge is 0.322 e. The lowest BCUT2D eigenvalue weighted by atomic mass is 10.1. The summed E-state index contributed by atoms with van der Waals surface area (Å²) in [7, 11) is -4.05. The number of nitrogens with zero attached hydrogens (tertiary/aromatic N) is 1. The van der Waals surface area contributed by atoms with Gasteiger partial charge < -0.3 is 5.32 Å². The van der Waals surface area contributed by atoms with Crippen LogP contribution in [0.4, 0.5) is 10.1 Å². The number of anilines is 1. The molecule has 0 atom stereocenters. The van der Waals surface area contributed by atoms with Crippen molar-refractivity contribution in [1.29, 1.82) is 0 Å². The molecular weight excluding hydrogens is 401 g/mol. The first-order valence-electron chi connectivity index (χ1n) is 8.70. The topological polar surface area (TPSA) is 137 Å². The second kappa shape index (κ2) is 7.26. The minimum Gasteiger partial charge on any atom is -0.322 e. The molecule has 2 aromatic carbocycles. The molecule has 0 radical (unpaired) electrons. The number of sulfonamides is 1. The Hall–Kier alpha value is -3.31. The summed E-state index contributed by atoms with van der Waals surface area (Å²) >= 11 is 0. The Morgan fingerprint density at radius 3 is 2.66 bits per heavy atom. The molecule has 1 aromatic heterocycles. The molecule has 29 heavy (non-hydrogen) atoms. The average molecular weight is 417 g/mol. The third-order valence-electron chi connectivity index (χ3n) is 4.28.